The number of hydrogen-bond acceptors (Lipinski definition) is 5. The van der Waals surface area contributed by atoms with E-state index in [1.807, 2.05) is 26.0 Å². The largest absolute Gasteiger partial charge is 0.483 e. The average Bonchev–Trinajstić information content (AvgIpc) is 2.97. The number of carbonyl (C=O) groups excluding carboxylic acids is 1. The summed E-state index contributed by atoms with van der Waals surface area (Å²) in [6.07, 6.45) is 0.823. The van der Waals surface area contributed by atoms with Crippen molar-refractivity contribution < 1.29 is 18.8 Å². The Kier molecular flexibility index (Phi) is 3.52. The summed E-state index contributed by atoms with van der Waals surface area (Å²) in [5, 5.41) is 6.31. The first-order valence-corrected chi connectivity index (χ1v) is 7.10. The van der Waals surface area contributed by atoms with Gasteiger partial charge in [-0.15, -0.1) is 0 Å². The van der Waals surface area contributed by atoms with Gasteiger partial charge in [-0.05, 0) is 26.8 Å². The van der Waals surface area contributed by atoms with Gasteiger partial charge in [0.05, 0.1) is 0 Å². The van der Waals surface area contributed by atoms with Crippen LogP contribution in [0.2, 0.25) is 0 Å². The Bertz CT molecular complexity index is 706. The summed E-state index contributed by atoms with van der Waals surface area (Å²) in [5.74, 6) is 2.00. The predicted octanol–water partition coefficient (Wildman–Crippen LogP) is 2.71. The highest BCUT2D eigenvalue weighted by molar-refractivity contribution is 5.90. The summed E-state index contributed by atoms with van der Waals surface area (Å²) in [6, 6.07) is 7.35. The highest BCUT2D eigenvalue weighted by atomic mass is 16.5. The van der Waals surface area contributed by atoms with Gasteiger partial charge in [0, 0.05) is 18.1 Å². The number of anilines is 1. The third-order valence-corrected chi connectivity index (χ3v) is 3.31. The van der Waals surface area contributed by atoms with Gasteiger partial charge in [-0.25, -0.2) is 0 Å². The minimum atomic E-state index is -0.303. The summed E-state index contributed by atoms with van der Waals surface area (Å²) >= 11 is 0. The number of para-hydroxylation sites is 1. The number of aromatic nitrogens is 1. The van der Waals surface area contributed by atoms with Crippen molar-refractivity contribution in [2.75, 3.05) is 11.9 Å². The molecule has 0 saturated carbocycles. The second-order valence-electron chi connectivity index (χ2n) is 5.94. The monoisotopic (exact) mass is 302 g/mol. The minimum Gasteiger partial charge on any atom is -0.483 e. The van der Waals surface area contributed by atoms with Crippen LogP contribution >= 0.6 is 0 Å². The fourth-order valence-electron chi connectivity index (χ4n) is 2.45. The third-order valence-electron chi connectivity index (χ3n) is 3.31. The van der Waals surface area contributed by atoms with Crippen molar-refractivity contribution in [3.8, 4) is 11.5 Å². The second kappa shape index (κ2) is 5.36. The first-order valence-electron chi connectivity index (χ1n) is 7.10. The Morgan fingerprint density at radius 1 is 1.45 bits per heavy atom. The van der Waals surface area contributed by atoms with Gasteiger partial charge in [-0.1, -0.05) is 17.3 Å². The topological polar surface area (TPSA) is 73.6 Å². The van der Waals surface area contributed by atoms with Crippen molar-refractivity contribution in [3.05, 3.63) is 35.6 Å². The lowest BCUT2D eigenvalue weighted by Crippen LogP contribution is -2.25. The number of ether oxygens (including phenoxy) is 2. The molecule has 3 rings (SSSR count). The van der Waals surface area contributed by atoms with E-state index in [-0.39, 0.29) is 18.1 Å². The summed E-state index contributed by atoms with van der Waals surface area (Å²) < 4.78 is 16.4. The highest BCUT2D eigenvalue weighted by Gasteiger charge is 2.32. The SMILES string of the molecule is Cc1cc(NC(=O)COc2cccc3c2OC(C)(C)C3)no1. The molecule has 22 heavy (non-hydrogen) atoms. The number of fused-ring (bicyclic) bond motifs is 1. The van der Waals surface area contributed by atoms with Crippen LogP contribution in [0.5, 0.6) is 11.5 Å². The summed E-state index contributed by atoms with van der Waals surface area (Å²) in [6.45, 7) is 5.68. The molecule has 1 amide bonds. The van der Waals surface area contributed by atoms with Crippen molar-refractivity contribution in [1.29, 1.82) is 0 Å². The zero-order chi connectivity index (χ0) is 15.7. The van der Waals surface area contributed by atoms with E-state index in [2.05, 4.69) is 10.5 Å². The smallest absolute Gasteiger partial charge is 0.263 e. The van der Waals surface area contributed by atoms with Crippen molar-refractivity contribution in [2.45, 2.75) is 32.8 Å². The molecule has 0 atom stereocenters. The van der Waals surface area contributed by atoms with Gasteiger partial charge in [0.1, 0.15) is 11.4 Å². The zero-order valence-electron chi connectivity index (χ0n) is 12.8. The van der Waals surface area contributed by atoms with Crippen LogP contribution in [0.25, 0.3) is 0 Å². The Labute approximate surface area is 128 Å². The van der Waals surface area contributed by atoms with Crippen molar-refractivity contribution >= 4 is 11.7 Å². The van der Waals surface area contributed by atoms with Gasteiger partial charge < -0.3 is 19.3 Å². The number of carbonyl (C=O) groups is 1. The maximum absolute atomic E-state index is 11.9. The maximum atomic E-state index is 11.9. The summed E-state index contributed by atoms with van der Waals surface area (Å²) in [7, 11) is 0. The normalized spacial score (nSPS) is 15.0. The van der Waals surface area contributed by atoms with E-state index in [9.17, 15) is 4.79 Å². The number of rotatable bonds is 4. The molecule has 0 unspecified atom stereocenters. The molecule has 6 heteroatoms. The van der Waals surface area contributed by atoms with E-state index >= 15 is 0 Å². The van der Waals surface area contributed by atoms with E-state index in [0.717, 1.165) is 17.7 Å². The van der Waals surface area contributed by atoms with Gasteiger partial charge in [-0.2, -0.15) is 0 Å². The molecule has 1 aliphatic heterocycles. The van der Waals surface area contributed by atoms with Crippen LogP contribution in [0.15, 0.2) is 28.8 Å². The molecular weight excluding hydrogens is 284 g/mol. The molecule has 1 aromatic carbocycles. The molecule has 1 aromatic heterocycles. The number of nitrogens with one attached hydrogen (secondary N) is 1. The molecular formula is C16H18N2O4. The molecule has 2 aromatic rings. The van der Waals surface area contributed by atoms with Gasteiger partial charge in [0.15, 0.2) is 23.9 Å². The second-order valence-corrected chi connectivity index (χ2v) is 5.94. The van der Waals surface area contributed by atoms with Crippen molar-refractivity contribution in [3.63, 3.8) is 0 Å². The maximum Gasteiger partial charge on any atom is 0.263 e. The van der Waals surface area contributed by atoms with Crippen LogP contribution in [0.4, 0.5) is 5.82 Å². The number of amides is 1. The predicted molar refractivity (Wildman–Crippen MR) is 80.2 cm³/mol. The minimum absolute atomic E-state index is 0.119. The lowest BCUT2D eigenvalue weighted by atomic mass is 10.0. The summed E-state index contributed by atoms with van der Waals surface area (Å²) in [4.78, 5) is 11.9. The van der Waals surface area contributed by atoms with E-state index in [1.54, 1.807) is 19.1 Å². The lowest BCUT2D eigenvalue weighted by molar-refractivity contribution is -0.118. The quantitative estimate of drug-likeness (QED) is 0.940. The van der Waals surface area contributed by atoms with Crippen LogP contribution in [0, 0.1) is 6.92 Å². The zero-order valence-corrected chi connectivity index (χ0v) is 12.8. The average molecular weight is 302 g/mol. The van der Waals surface area contributed by atoms with Crippen LogP contribution in [-0.2, 0) is 11.2 Å². The van der Waals surface area contributed by atoms with E-state index < -0.39 is 0 Å². The molecule has 116 valence electrons. The van der Waals surface area contributed by atoms with Gasteiger partial charge in [-0.3, -0.25) is 4.79 Å². The lowest BCUT2D eigenvalue weighted by Gasteiger charge is -2.18. The molecule has 0 saturated heterocycles. The molecule has 0 bridgehead atoms. The van der Waals surface area contributed by atoms with E-state index in [4.69, 9.17) is 14.0 Å². The summed E-state index contributed by atoms with van der Waals surface area (Å²) in [5.41, 5.74) is 0.845. The standard InChI is InChI=1S/C16H18N2O4/c1-10-7-13(18-22-10)17-14(19)9-20-12-6-4-5-11-8-16(2,3)21-15(11)12/h4-7H,8-9H2,1-3H3,(H,17,18,19). The number of benzene rings is 1. The number of hydrogen-bond donors (Lipinski definition) is 1. The fourth-order valence-corrected chi connectivity index (χ4v) is 2.45. The number of aryl methyl sites for hydroxylation is 1. The van der Waals surface area contributed by atoms with Crippen molar-refractivity contribution in [2.24, 2.45) is 0 Å². The van der Waals surface area contributed by atoms with E-state index in [0.29, 0.717) is 17.3 Å². The molecule has 6 nitrogen and oxygen atoms in total. The van der Waals surface area contributed by atoms with Gasteiger partial charge >= 0.3 is 0 Å². The molecule has 1 N–H and O–H groups in total. The Morgan fingerprint density at radius 3 is 3.00 bits per heavy atom. The Balaban J connectivity index is 1.63. The van der Waals surface area contributed by atoms with Crippen LogP contribution in [-0.4, -0.2) is 23.3 Å². The third kappa shape index (κ3) is 3.05. The highest BCUT2D eigenvalue weighted by Crippen LogP contribution is 2.41. The first kappa shape index (κ1) is 14.4. The van der Waals surface area contributed by atoms with Gasteiger partial charge in [0.2, 0.25) is 0 Å². The van der Waals surface area contributed by atoms with E-state index in [1.165, 1.54) is 0 Å². The number of nitrogens with zero attached hydrogens (tertiary/aromatic N) is 1. The van der Waals surface area contributed by atoms with Crippen molar-refractivity contribution in [1.82, 2.24) is 5.16 Å². The molecule has 0 fully saturated rings. The Morgan fingerprint density at radius 2 is 2.27 bits per heavy atom. The fraction of sp³-hybridized carbons (Fsp3) is 0.375. The Hall–Kier alpha value is -2.50. The molecule has 0 spiro atoms. The van der Waals surface area contributed by atoms with Gasteiger partial charge in [0.25, 0.3) is 5.91 Å². The first-order chi connectivity index (χ1) is 10.4. The molecule has 0 radical (unpaired) electrons. The molecule has 0 aliphatic carbocycles. The van der Waals surface area contributed by atoms with Crippen LogP contribution in [0.1, 0.15) is 25.2 Å². The van der Waals surface area contributed by atoms with Crippen LogP contribution < -0.4 is 14.8 Å². The molecule has 2 heterocycles. The molecule has 1 aliphatic rings. The van der Waals surface area contributed by atoms with Crippen LogP contribution in [0.3, 0.4) is 0 Å².